The predicted molar refractivity (Wildman–Crippen MR) is 85.1 cm³/mol. The van der Waals surface area contributed by atoms with Crippen molar-refractivity contribution >= 4 is 11.7 Å². The summed E-state index contributed by atoms with van der Waals surface area (Å²) in [5.74, 6) is 1.26. The molecule has 7 nitrogen and oxygen atoms in total. The second-order valence-corrected chi connectivity index (χ2v) is 5.92. The molecule has 1 aliphatic rings. The van der Waals surface area contributed by atoms with Crippen molar-refractivity contribution < 1.29 is 9.32 Å². The molecule has 0 spiro atoms. The van der Waals surface area contributed by atoms with Crippen LogP contribution in [-0.2, 0) is 17.8 Å². The molecule has 1 amide bonds. The lowest BCUT2D eigenvalue weighted by Gasteiger charge is -2.30. The smallest absolute Gasteiger partial charge is 0.230 e. The number of aryl methyl sites for hydroxylation is 2. The number of aromatic nitrogens is 3. The first-order chi connectivity index (χ1) is 11.0. The summed E-state index contributed by atoms with van der Waals surface area (Å²) in [4.78, 5) is 14.7. The summed E-state index contributed by atoms with van der Waals surface area (Å²) in [7, 11) is 1.81. The standard InChI is InChI=1S/C16H21N5O2/c1-9(15-10(2)20-23-11(15)3)16(22)21-6-5-13-12(8-21)7-14(17-4)19-18-13/h7,9H,5-6,8H2,1-4H3,(H,17,19)/t9-/m1/s1. The normalized spacial score (nSPS) is 15.2. The fraction of sp³-hybridized carbons (Fsp3) is 0.500. The van der Waals surface area contributed by atoms with Gasteiger partial charge in [-0.25, -0.2) is 0 Å². The van der Waals surface area contributed by atoms with Crippen LogP contribution in [0.25, 0.3) is 0 Å². The van der Waals surface area contributed by atoms with Gasteiger partial charge < -0.3 is 14.7 Å². The molecule has 0 radical (unpaired) electrons. The first-order valence-corrected chi connectivity index (χ1v) is 7.76. The zero-order valence-corrected chi connectivity index (χ0v) is 13.9. The van der Waals surface area contributed by atoms with Gasteiger partial charge in [0, 0.05) is 32.1 Å². The van der Waals surface area contributed by atoms with Crippen molar-refractivity contribution in [1.82, 2.24) is 20.3 Å². The molecule has 23 heavy (non-hydrogen) atoms. The fourth-order valence-corrected chi connectivity index (χ4v) is 3.14. The van der Waals surface area contributed by atoms with E-state index in [1.165, 1.54) is 0 Å². The van der Waals surface area contributed by atoms with Crippen molar-refractivity contribution in [2.24, 2.45) is 0 Å². The second kappa shape index (κ2) is 5.98. The monoisotopic (exact) mass is 315 g/mol. The van der Waals surface area contributed by atoms with Crippen molar-refractivity contribution in [2.75, 3.05) is 18.9 Å². The molecule has 0 bridgehead atoms. The van der Waals surface area contributed by atoms with Crippen molar-refractivity contribution in [3.63, 3.8) is 0 Å². The van der Waals surface area contributed by atoms with E-state index in [-0.39, 0.29) is 11.8 Å². The number of nitrogens with one attached hydrogen (secondary N) is 1. The Morgan fingerprint density at radius 1 is 1.39 bits per heavy atom. The molecule has 0 fully saturated rings. The number of rotatable bonds is 3. The SMILES string of the molecule is CNc1cc2c(nn1)CCN(C(=O)[C@H](C)c1c(C)noc1C)C2. The number of carbonyl (C=O) groups excluding carboxylic acids is 1. The minimum absolute atomic E-state index is 0.0906. The third-order valence-electron chi connectivity index (χ3n) is 4.40. The van der Waals surface area contributed by atoms with Crippen LogP contribution in [0.3, 0.4) is 0 Å². The van der Waals surface area contributed by atoms with Crippen LogP contribution in [0.15, 0.2) is 10.6 Å². The minimum atomic E-state index is -0.263. The van der Waals surface area contributed by atoms with Crippen LogP contribution in [0.2, 0.25) is 0 Å². The summed E-state index contributed by atoms with van der Waals surface area (Å²) in [5, 5.41) is 15.3. The molecule has 2 aromatic rings. The van der Waals surface area contributed by atoms with Crippen LogP contribution < -0.4 is 5.32 Å². The van der Waals surface area contributed by atoms with Gasteiger partial charge in [0.2, 0.25) is 5.91 Å². The van der Waals surface area contributed by atoms with E-state index in [1.54, 1.807) is 0 Å². The molecular formula is C16H21N5O2. The van der Waals surface area contributed by atoms with Crippen LogP contribution in [-0.4, -0.2) is 39.8 Å². The Hall–Kier alpha value is -2.44. The lowest BCUT2D eigenvalue weighted by molar-refractivity contribution is -0.133. The Kier molecular flexibility index (Phi) is 4.02. The Balaban J connectivity index is 1.81. The number of anilines is 1. The summed E-state index contributed by atoms with van der Waals surface area (Å²) in [6.07, 6.45) is 0.729. The van der Waals surface area contributed by atoms with Gasteiger partial charge in [-0.2, -0.15) is 5.10 Å². The maximum atomic E-state index is 12.9. The van der Waals surface area contributed by atoms with Gasteiger partial charge >= 0.3 is 0 Å². The van der Waals surface area contributed by atoms with Crippen LogP contribution in [0.5, 0.6) is 0 Å². The van der Waals surface area contributed by atoms with Crippen LogP contribution in [0.4, 0.5) is 5.82 Å². The molecule has 1 N–H and O–H groups in total. The van der Waals surface area contributed by atoms with Crippen LogP contribution in [0, 0.1) is 13.8 Å². The Morgan fingerprint density at radius 3 is 2.83 bits per heavy atom. The quantitative estimate of drug-likeness (QED) is 0.930. The largest absolute Gasteiger partial charge is 0.372 e. The fourth-order valence-electron chi connectivity index (χ4n) is 3.14. The maximum absolute atomic E-state index is 12.9. The molecule has 122 valence electrons. The molecule has 1 atom stereocenters. The van der Waals surface area contributed by atoms with E-state index in [2.05, 4.69) is 20.7 Å². The summed E-state index contributed by atoms with van der Waals surface area (Å²) in [6, 6.07) is 1.96. The van der Waals surface area contributed by atoms with Crippen LogP contribution >= 0.6 is 0 Å². The molecule has 3 heterocycles. The van der Waals surface area contributed by atoms with Crippen molar-refractivity contribution in [2.45, 2.75) is 39.7 Å². The Bertz CT molecular complexity index is 721. The molecule has 0 saturated carbocycles. The van der Waals surface area contributed by atoms with Crippen molar-refractivity contribution in [3.05, 3.63) is 34.3 Å². The minimum Gasteiger partial charge on any atom is -0.372 e. The molecule has 3 rings (SSSR count). The molecule has 0 aliphatic carbocycles. The summed E-state index contributed by atoms with van der Waals surface area (Å²) in [6.45, 7) is 6.85. The molecule has 1 aliphatic heterocycles. The highest BCUT2D eigenvalue weighted by Gasteiger charge is 2.29. The van der Waals surface area contributed by atoms with E-state index in [0.29, 0.717) is 18.8 Å². The zero-order valence-electron chi connectivity index (χ0n) is 13.9. The van der Waals surface area contributed by atoms with E-state index >= 15 is 0 Å². The molecule has 2 aromatic heterocycles. The van der Waals surface area contributed by atoms with Gasteiger partial charge in [-0.1, -0.05) is 5.16 Å². The van der Waals surface area contributed by atoms with E-state index < -0.39 is 0 Å². The topological polar surface area (TPSA) is 84.2 Å². The summed E-state index contributed by atoms with van der Waals surface area (Å²) < 4.78 is 5.19. The number of carbonyl (C=O) groups is 1. The van der Waals surface area contributed by atoms with Gasteiger partial charge in [-0.15, -0.1) is 5.10 Å². The highest BCUT2D eigenvalue weighted by molar-refractivity contribution is 5.84. The first-order valence-electron chi connectivity index (χ1n) is 7.76. The Morgan fingerprint density at radius 2 is 2.17 bits per heavy atom. The number of hydrogen-bond acceptors (Lipinski definition) is 6. The highest BCUT2D eigenvalue weighted by atomic mass is 16.5. The van der Waals surface area contributed by atoms with E-state index in [0.717, 1.165) is 34.8 Å². The number of hydrogen-bond donors (Lipinski definition) is 1. The third kappa shape index (κ3) is 2.78. The van der Waals surface area contributed by atoms with Gasteiger partial charge in [0.15, 0.2) is 0 Å². The number of fused-ring (bicyclic) bond motifs is 1. The average Bonchev–Trinajstić information content (AvgIpc) is 2.91. The number of amides is 1. The van der Waals surface area contributed by atoms with Gasteiger partial charge in [-0.3, -0.25) is 4.79 Å². The first kappa shape index (κ1) is 15.5. The van der Waals surface area contributed by atoms with Gasteiger partial charge in [0.25, 0.3) is 0 Å². The van der Waals surface area contributed by atoms with E-state index in [9.17, 15) is 4.79 Å². The molecule has 0 saturated heterocycles. The van der Waals surface area contributed by atoms with Gasteiger partial charge in [-0.05, 0) is 32.4 Å². The van der Waals surface area contributed by atoms with Crippen molar-refractivity contribution in [3.8, 4) is 0 Å². The Labute approximate surface area is 135 Å². The highest BCUT2D eigenvalue weighted by Crippen LogP contribution is 2.27. The second-order valence-electron chi connectivity index (χ2n) is 5.92. The van der Waals surface area contributed by atoms with Crippen molar-refractivity contribution in [1.29, 1.82) is 0 Å². The third-order valence-corrected chi connectivity index (χ3v) is 4.40. The molecule has 0 unspecified atom stereocenters. The molecule has 7 heteroatoms. The maximum Gasteiger partial charge on any atom is 0.230 e. The van der Waals surface area contributed by atoms with Crippen LogP contribution in [0.1, 0.15) is 41.1 Å². The lowest BCUT2D eigenvalue weighted by Crippen LogP contribution is -2.39. The zero-order chi connectivity index (χ0) is 16.6. The lowest BCUT2D eigenvalue weighted by atomic mass is 9.96. The molecule has 0 aromatic carbocycles. The van der Waals surface area contributed by atoms with E-state index in [4.69, 9.17) is 4.52 Å². The number of nitrogens with zero attached hydrogens (tertiary/aromatic N) is 4. The molecular weight excluding hydrogens is 294 g/mol. The summed E-state index contributed by atoms with van der Waals surface area (Å²) >= 11 is 0. The summed E-state index contributed by atoms with van der Waals surface area (Å²) in [5.41, 5.74) is 3.70. The van der Waals surface area contributed by atoms with Gasteiger partial charge in [0.1, 0.15) is 11.6 Å². The van der Waals surface area contributed by atoms with E-state index in [1.807, 2.05) is 38.8 Å². The predicted octanol–water partition coefficient (Wildman–Crippen LogP) is 1.81. The van der Waals surface area contributed by atoms with Gasteiger partial charge in [0.05, 0.1) is 17.3 Å². The average molecular weight is 315 g/mol.